The molecule has 5 rings (SSSR count). The average Bonchev–Trinajstić information content (AvgIpc) is 3.36. The first-order chi connectivity index (χ1) is 13.3. The van der Waals surface area contributed by atoms with E-state index in [1.54, 1.807) is 6.07 Å². The Labute approximate surface area is 158 Å². The van der Waals surface area contributed by atoms with E-state index in [1.807, 2.05) is 27.7 Å². The summed E-state index contributed by atoms with van der Waals surface area (Å²) in [6.07, 6.45) is 14.0. The zero-order chi connectivity index (χ0) is 18.2. The molecule has 3 aromatic heterocycles. The fraction of sp³-hybridized carbons (Fsp3) is 0.524. The second kappa shape index (κ2) is 7.00. The molecule has 3 aromatic rings. The van der Waals surface area contributed by atoms with Crippen molar-refractivity contribution in [3.05, 3.63) is 48.0 Å². The van der Waals surface area contributed by atoms with E-state index >= 15 is 0 Å². The second-order valence-corrected chi connectivity index (χ2v) is 7.91. The van der Waals surface area contributed by atoms with Gasteiger partial charge in [-0.3, -0.25) is 0 Å². The molecule has 27 heavy (non-hydrogen) atoms. The highest BCUT2D eigenvalue weighted by molar-refractivity contribution is 5.58. The van der Waals surface area contributed by atoms with Crippen molar-refractivity contribution in [2.24, 2.45) is 0 Å². The molecule has 0 amide bonds. The maximum atomic E-state index is 9.81. The van der Waals surface area contributed by atoms with E-state index in [-0.39, 0.29) is 6.23 Å². The summed E-state index contributed by atoms with van der Waals surface area (Å²) >= 11 is 0. The Morgan fingerprint density at radius 2 is 1.85 bits per heavy atom. The van der Waals surface area contributed by atoms with Crippen LogP contribution in [0.2, 0.25) is 0 Å². The fourth-order valence-electron chi connectivity index (χ4n) is 4.67. The van der Waals surface area contributed by atoms with E-state index in [1.165, 1.54) is 17.7 Å². The Morgan fingerprint density at radius 3 is 2.67 bits per heavy atom. The lowest BCUT2D eigenvalue weighted by Gasteiger charge is -2.27. The molecule has 1 atom stereocenters. The summed E-state index contributed by atoms with van der Waals surface area (Å²) in [6.45, 7) is 0.847. The van der Waals surface area contributed by atoms with E-state index in [0.29, 0.717) is 17.6 Å². The number of hydrogen-bond acceptors (Lipinski definition) is 4. The molecule has 142 valence electrons. The lowest BCUT2D eigenvalue weighted by atomic mass is 9.78. The van der Waals surface area contributed by atoms with Crippen LogP contribution >= 0.6 is 0 Å². The molecule has 1 unspecified atom stereocenters. The van der Waals surface area contributed by atoms with Gasteiger partial charge in [0.2, 0.25) is 0 Å². The van der Waals surface area contributed by atoms with Gasteiger partial charge in [0.25, 0.3) is 0 Å². The molecule has 1 aliphatic carbocycles. The normalized spacial score (nSPS) is 26.4. The van der Waals surface area contributed by atoms with Crippen LogP contribution in [-0.4, -0.2) is 31.1 Å². The van der Waals surface area contributed by atoms with Crippen LogP contribution in [0.5, 0.6) is 5.75 Å². The van der Waals surface area contributed by atoms with Gasteiger partial charge in [-0.25, -0.2) is 9.20 Å². The first-order valence-corrected chi connectivity index (χ1v) is 10.1. The van der Waals surface area contributed by atoms with Crippen LogP contribution < -0.4 is 0 Å². The monoisotopic (exact) mass is 366 g/mol. The number of ether oxygens (including phenoxy) is 1. The summed E-state index contributed by atoms with van der Waals surface area (Å²) in [7, 11) is 0. The Kier molecular flexibility index (Phi) is 4.36. The highest BCUT2D eigenvalue weighted by atomic mass is 16.5. The molecule has 4 heterocycles. The van der Waals surface area contributed by atoms with Crippen molar-refractivity contribution in [2.45, 2.75) is 63.0 Å². The summed E-state index contributed by atoms with van der Waals surface area (Å²) in [5, 5.41) is 19.1. The van der Waals surface area contributed by atoms with E-state index in [4.69, 9.17) is 9.84 Å². The number of hydrogen-bond donors (Lipinski definition) is 1. The van der Waals surface area contributed by atoms with Crippen molar-refractivity contribution < 1.29 is 9.84 Å². The first-order valence-electron chi connectivity index (χ1n) is 10.1. The summed E-state index contributed by atoms with van der Waals surface area (Å²) in [5.74, 6) is 1.33. The lowest BCUT2D eigenvalue weighted by Crippen LogP contribution is -2.19. The van der Waals surface area contributed by atoms with Gasteiger partial charge in [0, 0.05) is 36.5 Å². The largest absolute Gasteiger partial charge is 0.508 e. The van der Waals surface area contributed by atoms with Crippen LogP contribution in [0.4, 0.5) is 0 Å². The molecule has 2 aliphatic rings. The van der Waals surface area contributed by atoms with Crippen LogP contribution in [0.15, 0.2) is 36.8 Å². The average molecular weight is 366 g/mol. The minimum Gasteiger partial charge on any atom is -0.508 e. The number of fused-ring (bicyclic) bond motifs is 1. The summed E-state index contributed by atoms with van der Waals surface area (Å²) in [5.41, 5.74) is 3.49. The van der Waals surface area contributed by atoms with E-state index in [9.17, 15) is 5.11 Å². The first kappa shape index (κ1) is 16.8. The minimum atomic E-state index is 0.121. The number of rotatable bonds is 3. The van der Waals surface area contributed by atoms with E-state index in [2.05, 4.69) is 17.4 Å². The lowest BCUT2D eigenvalue weighted by molar-refractivity contribution is -0.0397. The zero-order valence-corrected chi connectivity index (χ0v) is 15.5. The molecule has 1 saturated heterocycles. The predicted octanol–water partition coefficient (Wildman–Crippen LogP) is 4.38. The van der Waals surface area contributed by atoms with Crippen molar-refractivity contribution in [3.63, 3.8) is 0 Å². The maximum absolute atomic E-state index is 9.81. The highest BCUT2D eigenvalue weighted by Crippen LogP contribution is 2.41. The van der Waals surface area contributed by atoms with Crippen LogP contribution in [-0.2, 0) is 4.74 Å². The third-order valence-corrected chi connectivity index (χ3v) is 6.20. The van der Waals surface area contributed by atoms with Crippen molar-refractivity contribution in [1.29, 1.82) is 0 Å². The molecule has 6 nitrogen and oxygen atoms in total. The number of nitrogens with zero attached hydrogens (tertiary/aromatic N) is 4. The topological polar surface area (TPSA) is 64.6 Å². The van der Waals surface area contributed by atoms with Gasteiger partial charge in [-0.1, -0.05) is 0 Å². The van der Waals surface area contributed by atoms with E-state index in [0.717, 1.165) is 50.6 Å². The molecule has 0 aromatic carbocycles. The van der Waals surface area contributed by atoms with Crippen molar-refractivity contribution in [1.82, 2.24) is 19.4 Å². The molecule has 0 radical (unpaired) electrons. The maximum Gasteiger partial charge on any atom is 0.150 e. The van der Waals surface area contributed by atoms with Crippen molar-refractivity contribution in [3.8, 4) is 5.75 Å². The zero-order valence-electron chi connectivity index (χ0n) is 15.5. The SMILES string of the molecule is Oc1ccn2ncc([C@H]3CC[C@H](c4ccn(C5CCCCO5)n4)CC3)c2c1. The molecule has 6 heteroatoms. The molecule has 1 N–H and O–H groups in total. The fourth-order valence-corrected chi connectivity index (χ4v) is 4.67. The summed E-state index contributed by atoms with van der Waals surface area (Å²) in [6, 6.07) is 5.67. The Hall–Kier alpha value is -2.34. The molecular weight excluding hydrogens is 340 g/mol. The van der Waals surface area contributed by atoms with Crippen LogP contribution in [0.1, 0.15) is 74.3 Å². The number of aromatic hydroxyl groups is 1. The smallest absolute Gasteiger partial charge is 0.150 e. The minimum absolute atomic E-state index is 0.121. The van der Waals surface area contributed by atoms with Crippen molar-refractivity contribution in [2.75, 3.05) is 6.61 Å². The number of pyridine rings is 1. The van der Waals surface area contributed by atoms with Gasteiger partial charge in [-0.15, -0.1) is 0 Å². The van der Waals surface area contributed by atoms with Gasteiger partial charge in [-0.2, -0.15) is 10.2 Å². The quantitative estimate of drug-likeness (QED) is 0.747. The van der Waals surface area contributed by atoms with Gasteiger partial charge >= 0.3 is 0 Å². The molecule has 0 bridgehead atoms. The Bertz CT molecular complexity index is 917. The van der Waals surface area contributed by atoms with Crippen LogP contribution in [0.25, 0.3) is 5.52 Å². The Morgan fingerprint density at radius 1 is 1.00 bits per heavy atom. The third kappa shape index (κ3) is 3.23. The van der Waals surface area contributed by atoms with Gasteiger partial charge in [0.05, 0.1) is 17.4 Å². The molecule has 1 aliphatic heterocycles. The Balaban J connectivity index is 1.27. The third-order valence-electron chi connectivity index (χ3n) is 6.20. The summed E-state index contributed by atoms with van der Waals surface area (Å²) in [4.78, 5) is 0. The molecule has 2 fully saturated rings. The van der Waals surface area contributed by atoms with E-state index < -0.39 is 0 Å². The molecule has 1 saturated carbocycles. The highest BCUT2D eigenvalue weighted by Gasteiger charge is 2.27. The number of aromatic nitrogens is 4. The van der Waals surface area contributed by atoms with Crippen molar-refractivity contribution >= 4 is 5.52 Å². The van der Waals surface area contributed by atoms with Crippen LogP contribution in [0, 0.1) is 0 Å². The van der Waals surface area contributed by atoms with Gasteiger partial charge in [-0.05, 0) is 63.0 Å². The van der Waals surface area contributed by atoms with Gasteiger partial charge in [0.1, 0.15) is 12.0 Å². The molecular formula is C21H26N4O2. The predicted molar refractivity (Wildman–Crippen MR) is 102 cm³/mol. The standard InChI is InChI=1S/C21H26N4O2/c26-17-8-10-24-20(13-17)18(14-22-24)15-4-6-16(7-5-15)19-9-11-25(23-19)21-3-1-2-12-27-21/h8-11,13-16,21,26H,1-7,12H2/t15-,16-,21?. The second-order valence-electron chi connectivity index (χ2n) is 7.91. The van der Waals surface area contributed by atoms with Gasteiger partial charge in [0.15, 0.2) is 0 Å². The van der Waals surface area contributed by atoms with Crippen LogP contribution in [0.3, 0.4) is 0 Å². The molecule has 0 spiro atoms. The summed E-state index contributed by atoms with van der Waals surface area (Å²) < 4.78 is 9.73. The van der Waals surface area contributed by atoms with Gasteiger partial charge < -0.3 is 9.84 Å².